The number of hydrogen-bond donors (Lipinski definition) is 1. The van der Waals surface area contributed by atoms with Crippen LogP contribution in [-0.2, 0) is 6.42 Å². The average molecular weight is 267 g/mol. The summed E-state index contributed by atoms with van der Waals surface area (Å²) in [6.45, 7) is 11.3. The molecule has 2 heteroatoms. The number of rotatable bonds is 9. The van der Waals surface area contributed by atoms with E-state index in [1.54, 1.807) is 5.56 Å². The second kappa shape index (κ2) is 8.71. The van der Waals surface area contributed by atoms with E-state index in [4.69, 9.17) is 0 Å². The summed E-state index contributed by atoms with van der Waals surface area (Å²) < 4.78 is 0. The van der Waals surface area contributed by atoms with Crippen LogP contribution in [-0.4, -0.2) is 13.1 Å². The van der Waals surface area contributed by atoms with Crippen LogP contribution in [0.25, 0.3) is 0 Å². The van der Waals surface area contributed by atoms with E-state index >= 15 is 0 Å². The molecule has 18 heavy (non-hydrogen) atoms. The molecule has 0 aliphatic heterocycles. The first-order chi connectivity index (χ1) is 8.59. The van der Waals surface area contributed by atoms with E-state index in [1.807, 2.05) is 11.3 Å². The van der Waals surface area contributed by atoms with Gasteiger partial charge in [0.2, 0.25) is 0 Å². The fourth-order valence-corrected chi connectivity index (χ4v) is 3.22. The van der Waals surface area contributed by atoms with Crippen molar-refractivity contribution >= 4 is 11.3 Å². The maximum Gasteiger partial charge on any atom is 0.00490 e. The lowest BCUT2D eigenvalue weighted by Crippen LogP contribution is -2.20. The topological polar surface area (TPSA) is 12.0 Å². The zero-order valence-electron chi connectivity index (χ0n) is 12.5. The Morgan fingerprint density at radius 2 is 1.83 bits per heavy atom. The molecule has 0 radical (unpaired) electrons. The zero-order chi connectivity index (χ0) is 13.4. The van der Waals surface area contributed by atoms with Crippen molar-refractivity contribution in [3.63, 3.8) is 0 Å². The molecule has 104 valence electrons. The molecular formula is C16H29NS. The van der Waals surface area contributed by atoms with Crippen LogP contribution in [0.5, 0.6) is 0 Å². The van der Waals surface area contributed by atoms with Crippen LogP contribution in [0.4, 0.5) is 0 Å². The third-order valence-electron chi connectivity index (χ3n) is 3.25. The molecule has 1 rings (SSSR count). The smallest absolute Gasteiger partial charge is 0.00490 e. The summed E-state index contributed by atoms with van der Waals surface area (Å²) in [6.07, 6.45) is 6.69. The van der Waals surface area contributed by atoms with Crippen molar-refractivity contribution in [2.45, 2.75) is 59.8 Å². The SMILES string of the molecule is Cc1cc(CCCCCCNCC(C)C)c(C)s1. The molecule has 1 aromatic heterocycles. The van der Waals surface area contributed by atoms with Crippen molar-refractivity contribution in [3.05, 3.63) is 21.4 Å². The first kappa shape index (κ1) is 15.7. The molecular weight excluding hydrogens is 238 g/mol. The predicted molar refractivity (Wildman–Crippen MR) is 83.7 cm³/mol. The Kier molecular flexibility index (Phi) is 7.60. The van der Waals surface area contributed by atoms with Gasteiger partial charge in [0, 0.05) is 9.75 Å². The Morgan fingerprint density at radius 3 is 2.44 bits per heavy atom. The molecule has 0 spiro atoms. The lowest BCUT2D eigenvalue weighted by atomic mass is 10.1. The number of hydrogen-bond acceptors (Lipinski definition) is 2. The number of nitrogens with one attached hydrogen (secondary N) is 1. The van der Waals surface area contributed by atoms with Gasteiger partial charge in [-0.05, 0) is 63.7 Å². The minimum atomic E-state index is 0.773. The van der Waals surface area contributed by atoms with E-state index in [0.29, 0.717) is 0 Å². The van der Waals surface area contributed by atoms with Gasteiger partial charge < -0.3 is 5.32 Å². The van der Waals surface area contributed by atoms with E-state index in [0.717, 1.165) is 12.5 Å². The molecule has 0 atom stereocenters. The van der Waals surface area contributed by atoms with Crippen LogP contribution in [0, 0.1) is 19.8 Å². The first-order valence-electron chi connectivity index (χ1n) is 7.36. The summed E-state index contributed by atoms with van der Waals surface area (Å²) in [7, 11) is 0. The fraction of sp³-hybridized carbons (Fsp3) is 0.750. The predicted octanol–water partition coefficient (Wildman–Crippen LogP) is 4.71. The number of aryl methyl sites for hydroxylation is 3. The van der Waals surface area contributed by atoms with Crippen LogP contribution in [0.1, 0.15) is 54.8 Å². The average Bonchev–Trinajstić information content (AvgIpc) is 2.61. The van der Waals surface area contributed by atoms with E-state index in [1.165, 1.54) is 48.4 Å². The minimum Gasteiger partial charge on any atom is -0.316 e. The molecule has 0 saturated heterocycles. The van der Waals surface area contributed by atoms with Crippen molar-refractivity contribution < 1.29 is 0 Å². The Morgan fingerprint density at radius 1 is 1.11 bits per heavy atom. The Hall–Kier alpha value is -0.340. The van der Waals surface area contributed by atoms with Gasteiger partial charge >= 0.3 is 0 Å². The van der Waals surface area contributed by atoms with Crippen molar-refractivity contribution in [1.29, 1.82) is 0 Å². The van der Waals surface area contributed by atoms with Gasteiger partial charge in [-0.25, -0.2) is 0 Å². The van der Waals surface area contributed by atoms with Gasteiger partial charge in [-0.2, -0.15) is 0 Å². The molecule has 0 fully saturated rings. The summed E-state index contributed by atoms with van der Waals surface area (Å²) in [6, 6.07) is 2.37. The van der Waals surface area contributed by atoms with Gasteiger partial charge in [-0.15, -0.1) is 11.3 Å². The largest absolute Gasteiger partial charge is 0.316 e. The molecule has 1 heterocycles. The molecule has 0 saturated carbocycles. The van der Waals surface area contributed by atoms with Gasteiger partial charge in [0.15, 0.2) is 0 Å². The second-order valence-electron chi connectivity index (χ2n) is 5.70. The van der Waals surface area contributed by atoms with E-state index in [2.05, 4.69) is 39.1 Å². The highest BCUT2D eigenvalue weighted by atomic mass is 32.1. The highest BCUT2D eigenvalue weighted by Crippen LogP contribution is 2.22. The summed E-state index contributed by atoms with van der Waals surface area (Å²) in [4.78, 5) is 2.98. The first-order valence-corrected chi connectivity index (χ1v) is 8.18. The summed E-state index contributed by atoms with van der Waals surface area (Å²) in [5.41, 5.74) is 1.58. The lowest BCUT2D eigenvalue weighted by Gasteiger charge is -2.07. The van der Waals surface area contributed by atoms with Gasteiger partial charge in [-0.3, -0.25) is 0 Å². The number of unbranched alkanes of at least 4 members (excludes halogenated alkanes) is 3. The van der Waals surface area contributed by atoms with Gasteiger partial charge in [0.25, 0.3) is 0 Å². The standard InChI is InChI=1S/C16H29NS/c1-13(2)12-17-10-8-6-5-7-9-16-11-14(3)18-15(16)4/h11,13,17H,5-10,12H2,1-4H3. The third kappa shape index (κ3) is 6.55. The van der Waals surface area contributed by atoms with Gasteiger partial charge in [-0.1, -0.05) is 26.7 Å². The Bertz CT molecular complexity index is 328. The molecule has 0 unspecified atom stereocenters. The van der Waals surface area contributed by atoms with Gasteiger partial charge in [0.05, 0.1) is 0 Å². The minimum absolute atomic E-state index is 0.773. The van der Waals surface area contributed by atoms with E-state index in [-0.39, 0.29) is 0 Å². The van der Waals surface area contributed by atoms with Crippen molar-refractivity contribution in [2.24, 2.45) is 5.92 Å². The van der Waals surface area contributed by atoms with Crippen LogP contribution in [0.15, 0.2) is 6.07 Å². The van der Waals surface area contributed by atoms with Crippen LogP contribution in [0.2, 0.25) is 0 Å². The fourth-order valence-electron chi connectivity index (χ4n) is 2.24. The third-order valence-corrected chi connectivity index (χ3v) is 4.25. The van der Waals surface area contributed by atoms with Crippen LogP contribution >= 0.6 is 11.3 Å². The molecule has 0 aliphatic carbocycles. The van der Waals surface area contributed by atoms with E-state index in [9.17, 15) is 0 Å². The summed E-state index contributed by atoms with van der Waals surface area (Å²) in [5.74, 6) is 0.773. The second-order valence-corrected chi connectivity index (χ2v) is 7.16. The highest BCUT2D eigenvalue weighted by Gasteiger charge is 2.02. The van der Waals surface area contributed by atoms with Crippen molar-refractivity contribution in [2.75, 3.05) is 13.1 Å². The quantitative estimate of drug-likeness (QED) is 0.639. The van der Waals surface area contributed by atoms with Crippen LogP contribution < -0.4 is 5.32 Å². The van der Waals surface area contributed by atoms with E-state index < -0.39 is 0 Å². The molecule has 1 nitrogen and oxygen atoms in total. The van der Waals surface area contributed by atoms with Crippen LogP contribution in [0.3, 0.4) is 0 Å². The monoisotopic (exact) mass is 267 g/mol. The summed E-state index contributed by atoms with van der Waals surface area (Å²) >= 11 is 1.94. The zero-order valence-corrected chi connectivity index (χ0v) is 13.3. The molecule has 0 aliphatic rings. The molecule has 0 amide bonds. The molecule has 0 aromatic carbocycles. The summed E-state index contributed by atoms with van der Waals surface area (Å²) in [5, 5.41) is 3.51. The normalized spacial score (nSPS) is 11.4. The number of thiophene rings is 1. The molecule has 1 N–H and O–H groups in total. The molecule has 0 bridgehead atoms. The van der Waals surface area contributed by atoms with Crippen molar-refractivity contribution in [3.8, 4) is 0 Å². The molecule has 1 aromatic rings. The Balaban J connectivity index is 1.97. The maximum atomic E-state index is 3.51. The highest BCUT2D eigenvalue weighted by molar-refractivity contribution is 7.12. The maximum absolute atomic E-state index is 3.51. The van der Waals surface area contributed by atoms with Crippen molar-refractivity contribution in [1.82, 2.24) is 5.32 Å². The Labute approximate surface area is 117 Å². The van der Waals surface area contributed by atoms with Gasteiger partial charge in [0.1, 0.15) is 0 Å². The lowest BCUT2D eigenvalue weighted by molar-refractivity contribution is 0.526.